The highest BCUT2D eigenvalue weighted by atomic mass is 16.5. The van der Waals surface area contributed by atoms with E-state index >= 15 is 0 Å². The third kappa shape index (κ3) is 6.19. The van der Waals surface area contributed by atoms with Crippen LogP contribution in [-0.2, 0) is 4.74 Å². The molecule has 40 heavy (non-hydrogen) atoms. The monoisotopic (exact) mass is 543 g/mol. The summed E-state index contributed by atoms with van der Waals surface area (Å²) >= 11 is 0. The van der Waals surface area contributed by atoms with Gasteiger partial charge in [0.2, 0.25) is 5.95 Å². The first-order chi connectivity index (χ1) is 19.7. The summed E-state index contributed by atoms with van der Waals surface area (Å²) in [7, 11) is 0. The molecule has 1 aromatic carbocycles. The van der Waals surface area contributed by atoms with Gasteiger partial charge in [-0.2, -0.15) is 0 Å². The van der Waals surface area contributed by atoms with Crippen molar-refractivity contribution in [3.63, 3.8) is 0 Å². The van der Waals surface area contributed by atoms with Crippen LogP contribution in [0.15, 0.2) is 47.5 Å². The number of anilines is 1. The van der Waals surface area contributed by atoms with Gasteiger partial charge in [0, 0.05) is 37.7 Å². The van der Waals surface area contributed by atoms with Crippen LogP contribution in [0.25, 0.3) is 17.1 Å². The fourth-order valence-corrected chi connectivity index (χ4v) is 7.33. The van der Waals surface area contributed by atoms with Crippen LogP contribution in [0, 0.1) is 18.8 Å². The predicted molar refractivity (Wildman–Crippen MR) is 160 cm³/mol. The second-order valence-corrected chi connectivity index (χ2v) is 12.3. The van der Waals surface area contributed by atoms with Gasteiger partial charge in [-0.25, -0.2) is 14.8 Å². The summed E-state index contributed by atoms with van der Waals surface area (Å²) in [5, 5.41) is 3.66. The van der Waals surface area contributed by atoms with E-state index in [0.29, 0.717) is 25.2 Å². The molecule has 3 heterocycles. The maximum Gasteiger partial charge on any atom is 0.333 e. The van der Waals surface area contributed by atoms with Gasteiger partial charge in [0.05, 0.1) is 17.1 Å². The summed E-state index contributed by atoms with van der Waals surface area (Å²) < 4.78 is 9.28. The minimum absolute atomic E-state index is 0.0202. The Kier molecular flexibility index (Phi) is 8.66. The Morgan fingerprint density at radius 2 is 1.60 bits per heavy atom. The Balaban J connectivity index is 1.21. The average molecular weight is 544 g/mol. The molecule has 6 rings (SSSR count). The molecule has 0 bridgehead atoms. The Morgan fingerprint density at radius 1 is 0.875 bits per heavy atom. The Morgan fingerprint density at radius 3 is 2.35 bits per heavy atom. The number of hydrogen-bond donors (Lipinski definition) is 1. The predicted octanol–water partition coefficient (Wildman–Crippen LogP) is 7.09. The topological polar surface area (TPSA) is 74.0 Å². The summed E-state index contributed by atoms with van der Waals surface area (Å²) in [5.41, 5.74) is 3.54. The van der Waals surface area contributed by atoms with Gasteiger partial charge in [-0.1, -0.05) is 57.1 Å². The Bertz CT molecular complexity index is 1310. The number of aromatic nitrogens is 4. The fraction of sp³-hybridized carbons (Fsp3) is 0.606. The molecule has 3 aliphatic rings. The second kappa shape index (κ2) is 12.7. The highest BCUT2D eigenvalue weighted by Gasteiger charge is 2.28. The van der Waals surface area contributed by atoms with Gasteiger partial charge < -0.3 is 10.1 Å². The van der Waals surface area contributed by atoms with E-state index in [1.165, 1.54) is 70.6 Å². The molecule has 3 fully saturated rings. The van der Waals surface area contributed by atoms with Crippen LogP contribution in [0.3, 0.4) is 0 Å². The van der Waals surface area contributed by atoms with Crippen molar-refractivity contribution in [1.29, 1.82) is 0 Å². The van der Waals surface area contributed by atoms with Crippen molar-refractivity contribution in [3.8, 4) is 17.1 Å². The molecule has 1 aliphatic heterocycles. The average Bonchev–Trinajstić information content (AvgIpc) is 3.31. The maximum atomic E-state index is 13.8. The number of ether oxygens (including phenoxy) is 1. The molecule has 7 heteroatoms. The van der Waals surface area contributed by atoms with Crippen LogP contribution < -0.4 is 11.0 Å². The number of imidazole rings is 1. The number of nitrogens with one attached hydrogen (secondary N) is 1. The Labute approximate surface area is 238 Å². The SMILES string of the molecule is Cc1cccc(-n2c(-c3ccnc(NC4CCC(C5CCCCCCC5)CC4)n3)cn(C3CCOCC3)c2=O)c1. The summed E-state index contributed by atoms with van der Waals surface area (Å²) in [4.78, 5) is 23.4. The molecular formula is C33H45N5O2. The molecular weight excluding hydrogens is 498 g/mol. The molecule has 0 unspecified atom stereocenters. The first-order valence-corrected chi connectivity index (χ1v) is 15.7. The lowest BCUT2D eigenvalue weighted by Gasteiger charge is -2.35. The Hall–Kier alpha value is -2.93. The molecule has 2 saturated carbocycles. The zero-order chi connectivity index (χ0) is 27.3. The standard InChI is InChI=1S/C33H45N5O2/c1-24-8-7-11-29(22-24)38-31(23-37(33(38)39)28-17-20-40-21-18-28)30-16-19-34-32(36-30)35-27-14-12-26(13-15-27)25-9-5-3-2-4-6-10-25/h7-8,11,16,19,22-23,25-28H,2-6,9-10,12-15,17-18,20-21H2,1H3,(H,34,35,36). The van der Waals surface area contributed by atoms with E-state index in [9.17, 15) is 4.79 Å². The molecule has 1 N–H and O–H groups in total. The molecule has 1 saturated heterocycles. The molecule has 0 amide bonds. The van der Waals surface area contributed by atoms with E-state index in [1.54, 1.807) is 0 Å². The van der Waals surface area contributed by atoms with Crippen LogP contribution in [0.5, 0.6) is 0 Å². The molecule has 7 nitrogen and oxygen atoms in total. The number of aryl methyl sites for hydroxylation is 1. The van der Waals surface area contributed by atoms with Crippen molar-refractivity contribution < 1.29 is 4.74 Å². The highest BCUT2D eigenvalue weighted by Crippen LogP contribution is 2.38. The molecule has 0 atom stereocenters. The van der Waals surface area contributed by atoms with Gasteiger partial charge in [0.25, 0.3) is 0 Å². The van der Waals surface area contributed by atoms with E-state index in [-0.39, 0.29) is 11.7 Å². The van der Waals surface area contributed by atoms with Gasteiger partial charge in [-0.05, 0) is 81.0 Å². The van der Waals surface area contributed by atoms with Gasteiger partial charge in [-0.15, -0.1) is 0 Å². The van der Waals surface area contributed by atoms with E-state index in [0.717, 1.165) is 47.3 Å². The fourth-order valence-electron chi connectivity index (χ4n) is 7.33. The van der Waals surface area contributed by atoms with Crippen molar-refractivity contribution in [1.82, 2.24) is 19.1 Å². The van der Waals surface area contributed by atoms with Gasteiger partial charge in [0.1, 0.15) is 0 Å². The first-order valence-electron chi connectivity index (χ1n) is 15.7. The summed E-state index contributed by atoms with van der Waals surface area (Å²) in [5.74, 6) is 2.48. The van der Waals surface area contributed by atoms with Crippen LogP contribution in [-0.4, -0.2) is 38.4 Å². The minimum Gasteiger partial charge on any atom is -0.381 e. The van der Waals surface area contributed by atoms with Crippen molar-refractivity contribution in [2.75, 3.05) is 18.5 Å². The lowest BCUT2D eigenvalue weighted by Crippen LogP contribution is -2.30. The van der Waals surface area contributed by atoms with Gasteiger partial charge >= 0.3 is 5.69 Å². The highest BCUT2D eigenvalue weighted by molar-refractivity contribution is 5.59. The number of benzene rings is 1. The van der Waals surface area contributed by atoms with E-state index in [2.05, 4.69) is 29.4 Å². The lowest BCUT2D eigenvalue weighted by molar-refractivity contribution is 0.0686. The van der Waals surface area contributed by atoms with E-state index in [1.807, 2.05) is 39.7 Å². The molecule has 0 spiro atoms. The van der Waals surface area contributed by atoms with Gasteiger partial charge in [0.15, 0.2) is 0 Å². The molecule has 2 aliphatic carbocycles. The number of nitrogens with zero attached hydrogens (tertiary/aromatic N) is 4. The third-order valence-corrected chi connectivity index (χ3v) is 9.60. The summed E-state index contributed by atoms with van der Waals surface area (Å²) in [6, 6.07) is 10.6. The molecule has 2 aromatic heterocycles. The van der Waals surface area contributed by atoms with E-state index < -0.39 is 0 Å². The smallest absolute Gasteiger partial charge is 0.333 e. The normalized spacial score (nSPS) is 23.4. The van der Waals surface area contributed by atoms with Crippen LogP contribution in [0.2, 0.25) is 0 Å². The number of rotatable bonds is 6. The lowest BCUT2D eigenvalue weighted by atomic mass is 9.73. The summed E-state index contributed by atoms with van der Waals surface area (Å²) in [6.45, 7) is 3.43. The second-order valence-electron chi connectivity index (χ2n) is 12.3. The largest absolute Gasteiger partial charge is 0.381 e. The van der Waals surface area contributed by atoms with Crippen LogP contribution in [0.1, 0.15) is 95.1 Å². The first kappa shape index (κ1) is 27.3. The van der Waals surface area contributed by atoms with E-state index in [4.69, 9.17) is 9.72 Å². The molecule has 0 radical (unpaired) electrons. The van der Waals surface area contributed by atoms with Crippen molar-refractivity contribution in [3.05, 3.63) is 58.8 Å². The van der Waals surface area contributed by atoms with Crippen LogP contribution in [0.4, 0.5) is 5.95 Å². The quantitative estimate of drug-likeness (QED) is 0.359. The molecule has 3 aromatic rings. The zero-order valence-corrected chi connectivity index (χ0v) is 24.1. The van der Waals surface area contributed by atoms with Crippen molar-refractivity contribution >= 4 is 5.95 Å². The maximum absolute atomic E-state index is 13.8. The van der Waals surface area contributed by atoms with Crippen molar-refractivity contribution in [2.24, 2.45) is 11.8 Å². The minimum atomic E-state index is -0.0202. The van der Waals surface area contributed by atoms with Crippen LogP contribution >= 0.6 is 0 Å². The third-order valence-electron chi connectivity index (χ3n) is 9.60. The molecule has 214 valence electrons. The summed E-state index contributed by atoms with van der Waals surface area (Å²) in [6.07, 6.45) is 20.5. The number of hydrogen-bond acceptors (Lipinski definition) is 5. The van der Waals surface area contributed by atoms with Crippen molar-refractivity contribution in [2.45, 2.75) is 102 Å². The van der Waals surface area contributed by atoms with Gasteiger partial charge in [-0.3, -0.25) is 9.13 Å². The zero-order valence-electron chi connectivity index (χ0n) is 24.1.